The molecular weight excluding hydrogens is 607 g/mol. The Kier molecular flexibility index (Phi) is 2.99. The fraction of sp³-hybridized carbons (Fsp3) is 0.333. The number of allylic oxidation sites excluding steroid dienone is 8. The van der Waals surface area contributed by atoms with Crippen molar-refractivity contribution in [3.05, 3.63) is 114 Å². The van der Waals surface area contributed by atoms with Crippen LogP contribution >= 0.6 is 0 Å². The number of anilines is 1. The van der Waals surface area contributed by atoms with Gasteiger partial charge >= 0.3 is 0 Å². The van der Waals surface area contributed by atoms with Crippen molar-refractivity contribution in [1.82, 2.24) is 0 Å². The van der Waals surface area contributed by atoms with Gasteiger partial charge in [-0.05, 0) is 185 Å². The van der Waals surface area contributed by atoms with E-state index in [0.717, 1.165) is 13.0 Å². The fourth-order valence-electron chi connectivity index (χ4n) is 17.1. The summed E-state index contributed by atoms with van der Waals surface area (Å²) in [5.74, 6) is 2.58. The molecule has 0 radical (unpaired) electrons. The van der Waals surface area contributed by atoms with Crippen LogP contribution in [0.5, 0.6) is 5.75 Å². The molecule has 0 aromatic heterocycles. The molecule has 1 saturated carbocycles. The molecule has 2 bridgehead atoms. The Morgan fingerprint density at radius 2 is 1.80 bits per heavy atom. The summed E-state index contributed by atoms with van der Waals surface area (Å²) < 4.78 is 0. The van der Waals surface area contributed by atoms with Gasteiger partial charge in [0.25, 0.3) is 0 Å². The zero-order valence-electron chi connectivity index (χ0n) is 28.2. The van der Waals surface area contributed by atoms with Crippen LogP contribution in [0.15, 0.2) is 64.8 Å². The molecule has 2 nitrogen and oxygen atoms in total. The lowest BCUT2D eigenvalue weighted by atomic mass is 9.60. The van der Waals surface area contributed by atoms with Crippen LogP contribution < -0.4 is 15.3 Å². The summed E-state index contributed by atoms with van der Waals surface area (Å²) in [6.45, 7) is 6.39. The van der Waals surface area contributed by atoms with E-state index in [4.69, 9.17) is 0 Å². The molecule has 1 heterocycles. The van der Waals surface area contributed by atoms with Gasteiger partial charge in [-0.3, -0.25) is 0 Å². The Balaban J connectivity index is 1.15. The highest BCUT2D eigenvalue weighted by molar-refractivity contribution is 6.33. The molecule has 0 amide bonds. The lowest BCUT2D eigenvalue weighted by Crippen LogP contribution is -2.41. The number of aromatic hydroxyl groups is 1. The van der Waals surface area contributed by atoms with Gasteiger partial charge in [0.1, 0.15) is 5.75 Å². The number of phenolic OH excluding ortho intramolecular Hbond substituents is 1. The lowest BCUT2D eigenvalue weighted by molar-refractivity contribution is 0.191. The van der Waals surface area contributed by atoms with E-state index >= 15 is 0 Å². The van der Waals surface area contributed by atoms with Gasteiger partial charge in [-0.25, -0.2) is 0 Å². The third kappa shape index (κ3) is 1.77. The molecule has 1 saturated heterocycles. The molecule has 13 aliphatic rings. The summed E-state index contributed by atoms with van der Waals surface area (Å²) in [6.07, 6.45) is 16.7. The number of nitrogens with zero attached hydrogens (tertiary/aromatic N) is 1. The molecule has 8 atom stereocenters. The molecular formula is C48H33NO. The normalized spacial score (nSPS) is 39.3. The van der Waals surface area contributed by atoms with Gasteiger partial charge < -0.3 is 10.0 Å². The van der Waals surface area contributed by atoms with Gasteiger partial charge in [0, 0.05) is 52.3 Å². The van der Waals surface area contributed by atoms with E-state index < -0.39 is 0 Å². The van der Waals surface area contributed by atoms with Crippen molar-refractivity contribution in [3.8, 4) is 5.75 Å². The molecule has 1 aliphatic heterocycles. The molecule has 8 unspecified atom stereocenters. The SMILES string of the molecule is CC1N(c2ccc(O)cc2)CC2C34CC5=C6CC7(C)c8c(c9c%10c%11c%12c%13c%14c(cc(c7c%14c8%11)C=CC5)=CC%13CC5=CC7CC12C(=C93)C7C%10=C5%12)=C64. The highest BCUT2D eigenvalue weighted by atomic mass is 16.3. The first-order chi connectivity index (χ1) is 24.4. The summed E-state index contributed by atoms with van der Waals surface area (Å²) in [7, 11) is 0. The van der Waals surface area contributed by atoms with E-state index in [1.807, 2.05) is 28.9 Å². The maximum absolute atomic E-state index is 10.3. The van der Waals surface area contributed by atoms with Crippen LogP contribution in [0.1, 0.15) is 90.8 Å². The topological polar surface area (TPSA) is 23.5 Å². The maximum Gasteiger partial charge on any atom is 0.115 e. The molecule has 1 N–H and O–H groups in total. The first-order valence-corrected chi connectivity index (χ1v) is 19.5. The number of benzene rings is 4. The van der Waals surface area contributed by atoms with Crippen molar-refractivity contribution in [2.24, 2.45) is 28.6 Å². The minimum Gasteiger partial charge on any atom is -0.508 e. The zero-order chi connectivity index (χ0) is 31.8. The third-order valence-electron chi connectivity index (χ3n) is 17.9. The molecule has 4 aromatic carbocycles. The first kappa shape index (κ1) is 23.8. The zero-order valence-corrected chi connectivity index (χ0v) is 28.2. The second kappa shape index (κ2) is 6.29. The second-order valence-corrected chi connectivity index (χ2v) is 19.0. The summed E-state index contributed by atoms with van der Waals surface area (Å²) in [6, 6.07) is 11.3. The Morgan fingerprint density at radius 3 is 2.70 bits per heavy atom. The number of rotatable bonds is 1. The predicted molar refractivity (Wildman–Crippen MR) is 199 cm³/mol. The summed E-state index contributed by atoms with van der Waals surface area (Å²) in [5.41, 5.74) is 27.7. The van der Waals surface area contributed by atoms with Crippen molar-refractivity contribution < 1.29 is 5.11 Å². The molecule has 17 rings (SSSR count). The van der Waals surface area contributed by atoms with E-state index in [2.05, 4.69) is 61.3 Å². The second-order valence-electron chi connectivity index (χ2n) is 19.0. The van der Waals surface area contributed by atoms with Gasteiger partial charge in [-0.2, -0.15) is 0 Å². The van der Waals surface area contributed by atoms with Gasteiger partial charge in [-0.1, -0.05) is 36.8 Å². The van der Waals surface area contributed by atoms with Crippen molar-refractivity contribution >= 4 is 61.7 Å². The minimum absolute atomic E-state index is 0.0196. The molecule has 2 heteroatoms. The minimum atomic E-state index is 0.0196. The molecule has 2 fully saturated rings. The average molecular weight is 640 g/mol. The Morgan fingerprint density at radius 1 is 0.920 bits per heavy atom. The van der Waals surface area contributed by atoms with Crippen molar-refractivity contribution in [3.63, 3.8) is 0 Å². The van der Waals surface area contributed by atoms with Crippen molar-refractivity contribution in [2.45, 2.75) is 63.3 Å². The Hall–Kier alpha value is -4.56. The fourth-order valence-corrected chi connectivity index (χ4v) is 17.1. The Bertz CT molecular complexity index is 3050. The van der Waals surface area contributed by atoms with Gasteiger partial charge in [0.05, 0.1) is 0 Å². The van der Waals surface area contributed by atoms with Crippen LogP contribution in [0.3, 0.4) is 0 Å². The molecule has 2 spiro atoms. The van der Waals surface area contributed by atoms with Crippen LogP contribution in [0.2, 0.25) is 0 Å². The van der Waals surface area contributed by atoms with E-state index in [9.17, 15) is 5.11 Å². The highest BCUT2D eigenvalue weighted by Gasteiger charge is 2.78. The van der Waals surface area contributed by atoms with Gasteiger partial charge in [0.2, 0.25) is 0 Å². The van der Waals surface area contributed by atoms with Crippen molar-refractivity contribution in [1.29, 1.82) is 0 Å². The monoisotopic (exact) mass is 639 g/mol. The van der Waals surface area contributed by atoms with Crippen LogP contribution in [-0.4, -0.2) is 17.7 Å². The quantitative estimate of drug-likeness (QED) is 0.212. The molecule has 236 valence electrons. The predicted octanol–water partition coefficient (Wildman–Crippen LogP) is 8.36. The summed E-state index contributed by atoms with van der Waals surface area (Å²) in [5, 5.41) is 20.3. The van der Waals surface area contributed by atoms with Gasteiger partial charge in [0.15, 0.2) is 0 Å². The molecule has 50 heavy (non-hydrogen) atoms. The maximum atomic E-state index is 10.3. The van der Waals surface area contributed by atoms with Gasteiger partial charge in [-0.15, -0.1) is 0 Å². The smallest absolute Gasteiger partial charge is 0.115 e. The lowest BCUT2D eigenvalue weighted by Gasteiger charge is -2.41. The van der Waals surface area contributed by atoms with E-state index in [0.29, 0.717) is 35.5 Å². The van der Waals surface area contributed by atoms with Crippen LogP contribution in [-0.2, 0) is 5.41 Å². The molecule has 4 aromatic rings. The number of hydrogen-bond donors (Lipinski definition) is 1. The largest absolute Gasteiger partial charge is 0.508 e. The third-order valence-corrected chi connectivity index (χ3v) is 17.9. The summed E-state index contributed by atoms with van der Waals surface area (Å²) >= 11 is 0. The van der Waals surface area contributed by atoms with E-state index in [1.165, 1.54) is 42.2 Å². The number of hydrogen-bond acceptors (Lipinski definition) is 2. The number of phenols is 1. The average Bonchev–Trinajstić information content (AvgIpc) is 3.95. The van der Waals surface area contributed by atoms with E-state index in [-0.39, 0.29) is 16.2 Å². The Labute approximate surface area is 289 Å². The van der Waals surface area contributed by atoms with Crippen LogP contribution in [0, 0.1) is 28.6 Å². The molecule has 12 aliphatic carbocycles. The van der Waals surface area contributed by atoms with Crippen LogP contribution in [0.25, 0.3) is 56.0 Å². The highest BCUT2D eigenvalue weighted by Crippen LogP contribution is 2.85. The van der Waals surface area contributed by atoms with Crippen molar-refractivity contribution in [2.75, 3.05) is 11.4 Å². The van der Waals surface area contributed by atoms with Crippen LogP contribution in [0.4, 0.5) is 5.69 Å². The standard InChI is InChI=1S/C48H33NO/c1-18-47-15-24-13-23-12-22-11-21-10-19-4-3-5-20-14-48(28(47)17-49(18)25-6-8-26(50)9-7-25)42-27(20)16-46(2)41(19)37-30(21)29(22)33-31(23)34-32(24)44(47)45(48)39-36(34)35(33)38(37)43(46)40(39)42/h3-4,6-11,13,18,22,24,28,32,50H,5,12,14-17H2,1-2H3. The summed E-state index contributed by atoms with van der Waals surface area (Å²) in [4.78, 5) is 2.79. The van der Waals surface area contributed by atoms with E-state index in [1.54, 1.807) is 88.0 Å². The first-order valence-electron chi connectivity index (χ1n) is 19.5.